The number of rotatable bonds is 7. The van der Waals surface area contributed by atoms with E-state index in [9.17, 15) is 4.79 Å². The van der Waals surface area contributed by atoms with E-state index >= 15 is 0 Å². The van der Waals surface area contributed by atoms with Crippen LogP contribution < -0.4 is 0 Å². The molecule has 1 aliphatic rings. The summed E-state index contributed by atoms with van der Waals surface area (Å²) in [7, 11) is 3.72. The van der Waals surface area contributed by atoms with E-state index in [1.165, 1.54) is 0 Å². The molecular weight excluding hydrogens is 292 g/mol. The molecular formula is C17H30N4O2. The van der Waals surface area contributed by atoms with E-state index < -0.39 is 0 Å². The van der Waals surface area contributed by atoms with Gasteiger partial charge in [-0.25, -0.2) is 4.98 Å². The fourth-order valence-corrected chi connectivity index (χ4v) is 3.31. The molecule has 2 heterocycles. The number of carbonyl (C=O) groups is 1. The van der Waals surface area contributed by atoms with Crippen molar-refractivity contribution in [1.29, 1.82) is 0 Å². The number of likely N-dealkylation sites (N-methyl/N-ethyl adjacent to an activating group) is 1. The summed E-state index contributed by atoms with van der Waals surface area (Å²) in [5.41, 5.74) is 0. The normalized spacial score (nSPS) is 20.7. The Bertz CT molecular complexity index is 503. The van der Waals surface area contributed by atoms with Crippen molar-refractivity contribution in [2.75, 3.05) is 39.9 Å². The number of ether oxygens (including phenoxy) is 1. The highest BCUT2D eigenvalue weighted by atomic mass is 16.5. The molecule has 0 radical (unpaired) electrons. The van der Waals surface area contributed by atoms with E-state index in [1.807, 2.05) is 31.3 Å². The molecule has 2 atom stereocenters. The summed E-state index contributed by atoms with van der Waals surface area (Å²) in [6.45, 7) is 8.33. The zero-order chi connectivity index (χ0) is 16.8. The SMILES string of the molecule is CCN1CCN(C(=O)[C@@H](C)CCCOC)C[C@H]1c1nccn1C. The number of nitrogens with zero attached hydrogens (tertiary/aromatic N) is 4. The molecule has 2 rings (SSSR count). The number of imidazole rings is 1. The molecule has 0 spiro atoms. The lowest BCUT2D eigenvalue weighted by Gasteiger charge is -2.41. The summed E-state index contributed by atoms with van der Waals surface area (Å²) in [6, 6.07) is 0.184. The molecule has 1 saturated heterocycles. The van der Waals surface area contributed by atoms with Gasteiger partial charge in [-0.3, -0.25) is 9.69 Å². The van der Waals surface area contributed by atoms with E-state index in [1.54, 1.807) is 7.11 Å². The van der Waals surface area contributed by atoms with E-state index in [0.717, 1.165) is 51.5 Å². The van der Waals surface area contributed by atoms with Gasteiger partial charge in [0.2, 0.25) is 5.91 Å². The molecule has 6 heteroatoms. The minimum Gasteiger partial charge on any atom is -0.385 e. The monoisotopic (exact) mass is 322 g/mol. The molecule has 0 aliphatic carbocycles. The maximum Gasteiger partial charge on any atom is 0.225 e. The van der Waals surface area contributed by atoms with Crippen LogP contribution >= 0.6 is 0 Å². The highest BCUT2D eigenvalue weighted by Gasteiger charge is 2.33. The molecule has 6 nitrogen and oxygen atoms in total. The zero-order valence-electron chi connectivity index (χ0n) is 14.9. The van der Waals surface area contributed by atoms with Crippen LogP contribution in [0.15, 0.2) is 12.4 Å². The molecule has 1 amide bonds. The molecule has 23 heavy (non-hydrogen) atoms. The average Bonchev–Trinajstić information content (AvgIpc) is 2.99. The van der Waals surface area contributed by atoms with Crippen molar-refractivity contribution in [2.24, 2.45) is 13.0 Å². The lowest BCUT2D eigenvalue weighted by atomic mass is 10.0. The Balaban J connectivity index is 2.02. The van der Waals surface area contributed by atoms with Gasteiger partial charge in [-0.2, -0.15) is 0 Å². The topological polar surface area (TPSA) is 50.6 Å². The molecule has 1 aliphatic heterocycles. The first-order chi connectivity index (χ1) is 11.1. The van der Waals surface area contributed by atoms with E-state index in [0.29, 0.717) is 0 Å². The summed E-state index contributed by atoms with van der Waals surface area (Å²) < 4.78 is 7.14. The Labute approximate surface area is 139 Å². The van der Waals surface area contributed by atoms with Gasteiger partial charge in [0.05, 0.1) is 6.04 Å². The van der Waals surface area contributed by atoms with Crippen molar-refractivity contribution >= 4 is 5.91 Å². The molecule has 1 aromatic rings. The Morgan fingerprint density at radius 2 is 2.26 bits per heavy atom. The third-order valence-corrected chi connectivity index (χ3v) is 4.77. The smallest absolute Gasteiger partial charge is 0.225 e. The van der Waals surface area contributed by atoms with Crippen LogP contribution in [0.25, 0.3) is 0 Å². The zero-order valence-corrected chi connectivity index (χ0v) is 14.9. The summed E-state index contributed by atoms with van der Waals surface area (Å²) in [4.78, 5) is 21.7. The lowest BCUT2D eigenvalue weighted by Crippen LogP contribution is -2.52. The van der Waals surface area contributed by atoms with Gasteiger partial charge in [0, 0.05) is 58.7 Å². The number of methoxy groups -OCH3 is 1. The largest absolute Gasteiger partial charge is 0.385 e. The van der Waals surface area contributed by atoms with Crippen molar-refractivity contribution in [1.82, 2.24) is 19.4 Å². The Morgan fingerprint density at radius 1 is 1.48 bits per heavy atom. The molecule has 1 fully saturated rings. The molecule has 0 unspecified atom stereocenters. The Morgan fingerprint density at radius 3 is 2.87 bits per heavy atom. The molecule has 0 aromatic carbocycles. The highest BCUT2D eigenvalue weighted by molar-refractivity contribution is 5.78. The fraction of sp³-hybridized carbons (Fsp3) is 0.765. The van der Waals surface area contributed by atoms with Crippen LogP contribution in [0.5, 0.6) is 0 Å². The number of piperazine rings is 1. The number of carbonyl (C=O) groups excluding carboxylic acids is 1. The third-order valence-electron chi connectivity index (χ3n) is 4.77. The molecule has 0 N–H and O–H groups in total. The van der Waals surface area contributed by atoms with Crippen molar-refractivity contribution < 1.29 is 9.53 Å². The lowest BCUT2D eigenvalue weighted by molar-refractivity contribution is -0.138. The predicted molar refractivity (Wildman–Crippen MR) is 90.1 cm³/mol. The van der Waals surface area contributed by atoms with Gasteiger partial charge < -0.3 is 14.2 Å². The van der Waals surface area contributed by atoms with Crippen LogP contribution in [0, 0.1) is 5.92 Å². The van der Waals surface area contributed by atoms with Gasteiger partial charge in [-0.15, -0.1) is 0 Å². The summed E-state index contributed by atoms with van der Waals surface area (Å²) in [6.07, 6.45) is 5.61. The second-order valence-electron chi connectivity index (χ2n) is 6.36. The quantitative estimate of drug-likeness (QED) is 0.717. The van der Waals surface area contributed by atoms with Crippen LogP contribution in [0.4, 0.5) is 0 Å². The minimum absolute atomic E-state index is 0.0559. The minimum atomic E-state index is 0.0559. The first-order valence-corrected chi connectivity index (χ1v) is 8.57. The second-order valence-corrected chi connectivity index (χ2v) is 6.36. The van der Waals surface area contributed by atoms with Crippen molar-refractivity contribution in [3.63, 3.8) is 0 Å². The average molecular weight is 322 g/mol. The molecule has 130 valence electrons. The van der Waals surface area contributed by atoms with Crippen molar-refractivity contribution in [3.8, 4) is 0 Å². The molecule has 1 aromatic heterocycles. The molecule has 0 bridgehead atoms. The van der Waals surface area contributed by atoms with Gasteiger partial charge >= 0.3 is 0 Å². The first kappa shape index (κ1) is 17.9. The van der Waals surface area contributed by atoms with Gasteiger partial charge in [-0.05, 0) is 19.4 Å². The van der Waals surface area contributed by atoms with Crippen LogP contribution in [0.3, 0.4) is 0 Å². The van der Waals surface area contributed by atoms with Crippen molar-refractivity contribution in [2.45, 2.75) is 32.7 Å². The summed E-state index contributed by atoms with van der Waals surface area (Å²) in [5.74, 6) is 1.35. The second kappa shape index (κ2) is 8.45. The van der Waals surface area contributed by atoms with Gasteiger partial charge in [-0.1, -0.05) is 13.8 Å². The van der Waals surface area contributed by atoms with Crippen LogP contribution in [0.1, 0.15) is 38.6 Å². The fourth-order valence-electron chi connectivity index (χ4n) is 3.31. The predicted octanol–water partition coefficient (Wildman–Crippen LogP) is 1.69. The maximum absolute atomic E-state index is 12.7. The van der Waals surface area contributed by atoms with Crippen molar-refractivity contribution in [3.05, 3.63) is 18.2 Å². The Hall–Kier alpha value is -1.40. The summed E-state index contributed by atoms with van der Waals surface area (Å²) >= 11 is 0. The molecule has 0 saturated carbocycles. The number of hydrogen-bond acceptors (Lipinski definition) is 4. The van der Waals surface area contributed by atoms with Gasteiger partial charge in [0.25, 0.3) is 0 Å². The van der Waals surface area contributed by atoms with E-state index in [4.69, 9.17) is 4.74 Å². The Kier molecular flexibility index (Phi) is 6.59. The number of hydrogen-bond donors (Lipinski definition) is 0. The summed E-state index contributed by atoms with van der Waals surface area (Å²) in [5, 5.41) is 0. The van der Waals surface area contributed by atoms with Crippen LogP contribution in [-0.4, -0.2) is 65.2 Å². The van der Waals surface area contributed by atoms with Gasteiger partial charge in [0.15, 0.2) is 0 Å². The van der Waals surface area contributed by atoms with E-state index in [2.05, 4.69) is 21.4 Å². The highest BCUT2D eigenvalue weighted by Crippen LogP contribution is 2.25. The third kappa shape index (κ3) is 4.32. The van der Waals surface area contributed by atoms with Crippen LogP contribution in [-0.2, 0) is 16.6 Å². The maximum atomic E-state index is 12.7. The number of aryl methyl sites for hydroxylation is 1. The number of aromatic nitrogens is 2. The number of amides is 1. The van der Waals surface area contributed by atoms with Gasteiger partial charge in [0.1, 0.15) is 5.82 Å². The first-order valence-electron chi connectivity index (χ1n) is 8.57. The standard InChI is InChI=1S/C17H30N4O2/c1-5-20-10-11-21(17(22)14(2)7-6-12-23-4)13-15(20)16-18-8-9-19(16)3/h8-9,14-15H,5-7,10-13H2,1-4H3/t14-,15-/m0/s1. The van der Waals surface area contributed by atoms with Crippen LogP contribution in [0.2, 0.25) is 0 Å². The van der Waals surface area contributed by atoms with E-state index in [-0.39, 0.29) is 17.9 Å².